The highest BCUT2D eigenvalue weighted by molar-refractivity contribution is 5.78. The van der Waals surface area contributed by atoms with Crippen LogP contribution in [0.3, 0.4) is 0 Å². The number of aromatic nitrogens is 1. The van der Waals surface area contributed by atoms with E-state index in [-0.39, 0.29) is 24.6 Å². The lowest BCUT2D eigenvalue weighted by atomic mass is 10.0. The fourth-order valence-electron chi connectivity index (χ4n) is 4.41. The van der Waals surface area contributed by atoms with E-state index < -0.39 is 5.60 Å². The number of nitrogens with zero attached hydrogens (tertiary/aromatic N) is 4. The van der Waals surface area contributed by atoms with Crippen LogP contribution in [0, 0.1) is 0 Å². The Hall–Kier alpha value is -2.19. The zero-order valence-corrected chi connectivity index (χ0v) is 16.5. The minimum atomic E-state index is -0.396. The molecule has 8 heteroatoms. The number of nitrogens with one attached hydrogen (secondary N) is 1. The van der Waals surface area contributed by atoms with E-state index in [9.17, 15) is 9.59 Å². The molecule has 4 heterocycles. The smallest absolute Gasteiger partial charge is 0.317 e. The zero-order chi connectivity index (χ0) is 19.6. The highest BCUT2D eigenvalue weighted by atomic mass is 16.5. The molecule has 1 atom stereocenters. The van der Waals surface area contributed by atoms with Crippen LogP contribution in [0.2, 0.25) is 0 Å². The molecule has 1 N–H and O–H groups in total. The first-order valence-corrected chi connectivity index (χ1v) is 10.1. The molecule has 4 rings (SSSR count). The van der Waals surface area contributed by atoms with Gasteiger partial charge in [-0.15, -0.1) is 0 Å². The summed E-state index contributed by atoms with van der Waals surface area (Å²) in [5.41, 5.74) is 0.830. The maximum absolute atomic E-state index is 12.7. The monoisotopic (exact) mass is 387 g/mol. The molecule has 8 nitrogen and oxygen atoms in total. The van der Waals surface area contributed by atoms with Crippen LogP contribution in [-0.2, 0) is 16.1 Å². The van der Waals surface area contributed by atoms with Crippen molar-refractivity contribution in [3.05, 3.63) is 30.1 Å². The Kier molecular flexibility index (Phi) is 5.50. The minimum absolute atomic E-state index is 0.00608. The lowest BCUT2D eigenvalue weighted by molar-refractivity contribution is -0.158. The van der Waals surface area contributed by atoms with Crippen LogP contribution < -0.4 is 5.32 Å². The normalized spacial score (nSPS) is 26.8. The number of carbonyl (C=O) groups excluding carboxylic acids is 2. The van der Waals surface area contributed by atoms with Gasteiger partial charge in [0.2, 0.25) is 5.91 Å². The Labute approximate surface area is 165 Å². The lowest BCUT2D eigenvalue weighted by Crippen LogP contribution is -2.55. The van der Waals surface area contributed by atoms with E-state index in [1.165, 1.54) is 5.56 Å². The number of morpholine rings is 1. The average Bonchev–Trinajstić information content (AvgIpc) is 3.11. The van der Waals surface area contributed by atoms with Gasteiger partial charge in [-0.3, -0.25) is 14.7 Å². The zero-order valence-electron chi connectivity index (χ0n) is 16.5. The van der Waals surface area contributed by atoms with E-state index in [1.54, 1.807) is 18.1 Å². The number of hydrogen-bond donors (Lipinski definition) is 1. The number of urea groups is 1. The van der Waals surface area contributed by atoms with Gasteiger partial charge >= 0.3 is 6.03 Å². The second-order valence-electron chi connectivity index (χ2n) is 8.25. The fraction of sp³-hybridized carbons (Fsp3) is 0.650. The third-order valence-electron chi connectivity index (χ3n) is 6.10. The molecule has 3 amide bonds. The number of pyridine rings is 1. The quantitative estimate of drug-likeness (QED) is 0.826. The van der Waals surface area contributed by atoms with Crippen molar-refractivity contribution in [1.29, 1.82) is 0 Å². The molecular formula is C20H29N5O3. The molecule has 0 bridgehead atoms. The molecule has 0 unspecified atom stereocenters. The molecule has 3 aliphatic heterocycles. The van der Waals surface area contributed by atoms with Crippen molar-refractivity contribution in [2.45, 2.75) is 37.5 Å². The van der Waals surface area contributed by atoms with Gasteiger partial charge in [0.15, 0.2) is 0 Å². The molecule has 0 aromatic carbocycles. The van der Waals surface area contributed by atoms with Crippen molar-refractivity contribution in [2.75, 3.05) is 46.4 Å². The van der Waals surface area contributed by atoms with E-state index in [2.05, 4.69) is 21.3 Å². The minimum Gasteiger partial charge on any atom is -0.361 e. The number of likely N-dealkylation sites (tertiary alicyclic amines) is 2. The summed E-state index contributed by atoms with van der Waals surface area (Å²) in [6, 6.07) is 4.27. The van der Waals surface area contributed by atoms with Gasteiger partial charge in [-0.25, -0.2) is 4.79 Å². The van der Waals surface area contributed by atoms with Gasteiger partial charge in [-0.2, -0.15) is 0 Å². The molecular weight excluding hydrogens is 358 g/mol. The molecule has 28 heavy (non-hydrogen) atoms. The maximum Gasteiger partial charge on any atom is 0.317 e. The summed E-state index contributed by atoms with van der Waals surface area (Å²) in [5, 5.41) is 3.20. The Morgan fingerprint density at radius 1 is 1.32 bits per heavy atom. The maximum atomic E-state index is 12.7. The summed E-state index contributed by atoms with van der Waals surface area (Å²) < 4.78 is 5.83. The topological polar surface area (TPSA) is 78.0 Å². The van der Waals surface area contributed by atoms with Gasteiger partial charge in [0.1, 0.15) is 12.2 Å². The molecule has 3 saturated heterocycles. The third kappa shape index (κ3) is 4.28. The first-order valence-electron chi connectivity index (χ1n) is 10.1. The number of ether oxygens (including phenoxy) is 1. The van der Waals surface area contributed by atoms with Gasteiger partial charge in [0, 0.05) is 51.7 Å². The number of carbonyl (C=O) groups is 2. The second-order valence-corrected chi connectivity index (χ2v) is 8.25. The van der Waals surface area contributed by atoms with Crippen LogP contribution >= 0.6 is 0 Å². The van der Waals surface area contributed by atoms with Gasteiger partial charge in [-0.1, -0.05) is 6.07 Å². The van der Waals surface area contributed by atoms with Gasteiger partial charge in [-0.05, 0) is 30.9 Å². The number of hydrogen-bond acceptors (Lipinski definition) is 5. The summed E-state index contributed by atoms with van der Waals surface area (Å²) >= 11 is 0. The standard InChI is InChI=1S/C20H29N5O3/c1-23-14-20(28-13-18(23)26)6-10-25(15-20)19(27)22-17-4-8-24(9-5-17)12-16-3-2-7-21-11-16/h2-3,7,11,17H,4-6,8-10,12-15H2,1H3,(H,22,27)/t20-/m1/s1. The number of likely N-dealkylation sites (N-methyl/N-ethyl adjacent to an activating group) is 1. The Morgan fingerprint density at radius 2 is 2.14 bits per heavy atom. The van der Waals surface area contributed by atoms with Crippen molar-refractivity contribution in [3.8, 4) is 0 Å². The molecule has 3 aliphatic rings. The van der Waals surface area contributed by atoms with Crippen LogP contribution in [0.5, 0.6) is 0 Å². The van der Waals surface area contributed by atoms with Crippen molar-refractivity contribution in [1.82, 2.24) is 25.0 Å². The Morgan fingerprint density at radius 3 is 2.86 bits per heavy atom. The summed E-state index contributed by atoms with van der Waals surface area (Å²) in [6.07, 6.45) is 6.40. The number of rotatable bonds is 3. The summed E-state index contributed by atoms with van der Waals surface area (Å²) in [7, 11) is 1.80. The average molecular weight is 387 g/mol. The van der Waals surface area contributed by atoms with Gasteiger partial charge < -0.3 is 19.9 Å². The molecule has 1 aromatic rings. The van der Waals surface area contributed by atoms with Crippen molar-refractivity contribution < 1.29 is 14.3 Å². The molecule has 1 spiro atoms. The van der Waals surface area contributed by atoms with Crippen molar-refractivity contribution >= 4 is 11.9 Å². The largest absolute Gasteiger partial charge is 0.361 e. The summed E-state index contributed by atoms with van der Waals surface area (Å²) in [6.45, 7) is 4.75. The predicted octanol–water partition coefficient (Wildman–Crippen LogP) is 0.689. The molecule has 0 saturated carbocycles. The molecule has 1 aromatic heterocycles. The predicted molar refractivity (Wildman–Crippen MR) is 104 cm³/mol. The first kappa shape index (κ1) is 19.1. The lowest BCUT2D eigenvalue weighted by Gasteiger charge is -2.38. The molecule has 3 fully saturated rings. The van der Waals surface area contributed by atoms with E-state index in [0.717, 1.165) is 38.9 Å². The van der Waals surface area contributed by atoms with Crippen LogP contribution in [-0.4, -0.2) is 89.6 Å². The van der Waals surface area contributed by atoms with Crippen LogP contribution in [0.1, 0.15) is 24.8 Å². The van der Waals surface area contributed by atoms with Crippen molar-refractivity contribution in [2.24, 2.45) is 0 Å². The van der Waals surface area contributed by atoms with Crippen LogP contribution in [0.25, 0.3) is 0 Å². The number of piperidine rings is 1. The van der Waals surface area contributed by atoms with Gasteiger partial charge in [0.25, 0.3) is 0 Å². The Bertz CT molecular complexity index is 707. The highest BCUT2D eigenvalue weighted by Crippen LogP contribution is 2.29. The fourth-order valence-corrected chi connectivity index (χ4v) is 4.41. The SMILES string of the molecule is CN1C[C@@]2(CCN(C(=O)NC3CCN(Cc4cccnc4)CC3)C2)OCC1=O. The van der Waals surface area contributed by atoms with E-state index >= 15 is 0 Å². The molecule has 0 aliphatic carbocycles. The Balaban J connectivity index is 1.22. The molecule has 0 radical (unpaired) electrons. The van der Waals surface area contributed by atoms with E-state index in [0.29, 0.717) is 19.6 Å². The second kappa shape index (κ2) is 8.05. The van der Waals surface area contributed by atoms with Crippen molar-refractivity contribution in [3.63, 3.8) is 0 Å². The van der Waals surface area contributed by atoms with E-state index in [4.69, 9.17) is 4.74 Å². The van der Waals surface area contributed by atoms with Gasteiger partial charge in [0.05, 0.1) is 13.1 Å². The summed E-state index contributed by atoms with van der Waals surface area (Å²) in [4.78, 5) is 34.5. The third-order valence-corrected chi connectivity index (χ3v) is 6.10. The highest BCUT2D eigenvalue weighted by Gasteiger charge is 2.45. The van der Waals surface area contributed by atoms with Crippen LogP contribution in [0.4, 0.5) is 4.79 Å². The van der Waals surface area contributed by atoms with E-state index in [1.807, 2.05) is 17.2 Å². The molecule has 152 valence electrons. The van der Waals surface area contributed by atoms with Crippen LogP contribution in [0.15, 0.2) is 24.5 Å². The first-order chi connectivity index (χ1) is 13.5. The number of amides is 3. The summed E-state index contributed by atoms with van der Waals surface area (Å²) in [5.74, 6) is 0.00608.